The lowest BCUT2D eigenvalue weighted by atomic mass is 10.2. The third-order valence-electron chi connectivity index (χ3n) is 1.91. The number of hydrogen-bond donors (Lipinski definition) is 1. The summed E-state index contributed by atoms with van der Waals surface area (Å²) >= 11 is 0. The van der Waals surface area contributed by atoms with Crippen LogP contribution in [0.3, 0.4) is 0 Å². The number of ether oxygens (including phenoxy) is 1. The van der Waals surface area contributed by atoms with E-state index in [0.717, 1.165) is 0 Å². The molecule has 13 heavy (non-hydrogen) atoms. The van der Waals surface area contributed by atoms with Crippen molar-refractivity contribution in [3.05, 3.63) is 18.2 Å². The summed E-state index contributed by atoms with van der Waals surface area (Å²) in [4.78, 5) is 11.2. The van der Waals surface area contributed by atoms with Gasteiger partial charge in [-0.05, 0) is 25.1 Å². The molecule has 0 saturated carbocycles. The Morgan fingerprint density at radius 2 is 2.31 bits per heavy atom. The van der Waals surface area contributed by atoms with Gasteiger partial charge in [-0.3, -0.25) is 4.79 Å². The first-order valence-electron chi connectivity index (χ1n) is 4.00. The van der Waals surface area contributed by atoms with Crippen molar-refractivity contribution in [1.82, 2.24) is 5.73 Å². The highest BCUT2D eigenvalue weighted by atomic mass is 16.5. The minimum Gasteiger partial charge on any atom is -0.479 e. The van der Waals surface area contributed by atoms with E-state index in [1.54, 1.807) is 25.1 Å². The Balaban J connectivity index is 2.42. The SMILES string of the molecule is C[C@H]1Oc2ccc([NH])cc2NC1=O. The summed E-state index contributed by atoms with van der Waals surface area (Å²) in [5.74, 6) is 0.459. The highest BCUT2D eigenvalue weighted by molar-refractivity contribution is 5.97. The number of anilines is 1. The van der Waals surface area contributed by atoms with Gasteiger partial charge in [0.2, 0.25) is 0 Å². The Labute approximate surface area is 75.7 Å². The zero-order chi connectivity index (χ0) is 9.42. The quantitative estimate of drug-likeness (QED) is 0.649. The summed E-state index contributed by atoms with van der Waals surface area (Å²) in [7, 11) is 0. The Kier molecular flexibility index (Phi) is 1.62. The molecule has 1 aromatic carbocycles. The maximum Gasteiger partial charge on any atom is 0.265 e. The molecule has 1 atom stereocenters. The Morgan fingerprint density at radius 3 is 3.08 bits per heavy atom. The van der Waals surface area contributed by atoms with Crippen LogP contribution in [0.25, 0.3) is 0 Å². The standard InChI is InChI=1S/C9H9N2O2/c1-5-9(12)11-7-4-6(10)2-3-8(7)13-5/h2-5,10H,1H3,(H,11,12)/t5-/m1/s1. The van der Waals surface area contributed by atoms with Crippen LogP contribution in [0.1, 0.15) is 6.92 Å². The lowest BCUT2D eigenvalue weighted by Gasteiger charge is -2.23. The van der Waals surface area contributed by atoms with Crippen LogP contribution in [-0.4, -0.2) is 12.0 Å². The van der Waals surface area contributed by atoms with Crippen molar-refractivity contribution in [2.24, 2.45) is 0 Å². The average molecular weight is 177 g/mol. The molecule has 0 spiro atoms. The van der Waals surface area contributed by atoms with E-state index in [1.807, 2.05) is 0 Å². The van der Waals surface area contributed by atoms with Crippen LogP contribution in [0, 0.1) is 0 Å². The van der Waals surface area contributed by atoms with Gasteiger partial charge in [-0.1, -0.05) is 0 Å². The van der Waals surface area contributed by atoms with E-state index in [4.69, 9.17) is 10.5 Å². The van der Waals surface area contributed by atoms with Crippen LogP contribution in [0.15, 0.2) is 18.2 Å². The molecule has 1 aliphatic rings. The maximum absolute atomic E-state index is 11.2. The molecule has 2 N–H and O–H groups in total. The van der Waals surface area contributed by atoms with Gasteiger partial charge in [0.05, 0.1) is 11.4 Å². The molecular weight excluding hydrogens is 168 g/mol. The van der Waals surface area contributed by atoms with Crippen molar-refractivity contribution in [3.8, 4) is 5.75 Å². The van der Waals surface area contributed by atoms with Gasteiger partial charge in [0.25, 0.3) is 5.91 Å². The second-order valence-corrected chi connectivity index (χ2v) is 2.96. The molecule has 67 valence electrons. The summed E-state index contributed by atoms with van der Waals surface area (Å²) < 4.78 is 5.30. The lowest BCUT2D eigenvalue weighted by molar-refractivity contribution is -0.122. The molecule has 1 amide bonds. The smallest absolute Gasteiger partial charge is 0.265 e. The number of carbonyl (C=O) groups is 1. The molecule has 0 unspecified atom stereocenters. The molecule has 0 fully saturated rings. The molecule has 1 aromatic rings. The topological polar surface area (TPSA) is 62.1 Å². The minimum atomic E-state index is -0.455. The number of amides is 1. The molecular formula is C9H9N2O2. The van der Waals surface area contributed by atoms with Gasteiger partial charge in [0.15, 0.2) is 6.10 Å². The van der Waals surface area contributed by atoms with Gasteiger partial charge in [-0.15, -0.1) is 0 Å². The lowest BCUT2D eigenvalue weighted by Crippen LogP contribution is -2.34. The van der Waals surface area contributed by atoms with E-state index >= 15 is 0 Å². The number of rotatable bonds is 0. The largest absolute Gasteiger partial charge is 0.479 e. The highest BCUT2D eigenvalue weighted by Crippen LogP contribution is 2.31. The minimum absolute atomic E-state index is 0.168. The molecule has 2 rings (SSSR count). The van der Waals surface area contributed by atoms with Crippen molar-refractivity contribution < 1.29 is 9.53 Å². The number of benzene rings is 1. The number of fused-ring (bicyclic) bond motifs is 1. The van der Waals surface area contributed by atoms with Crippen molar-refractivity contribution in [2.45, 2.75) is 13.0 Å². The van der Waals surface area contributed by atoms with Crippen LogP contribution in [0.5, 0.6) is 5.75 Å². The van der Waals surface area contributed by atoms with E-state index in [0.29, 0.717) is 17.1 Å². The predicted octanol–water partition coefficient (Wildman–Crippen LogP) is 1.32. The molecule has 0 aromatic heterocycles. The van der Waals surface area contributed by atoms with E-state index in [2.05, 4.69) is 5.32 Å². The van der Waals surface area contributed by atoms with Gasteiger partial charge in [-0.25, -0.2) is 0 Å². The van der Waals surface area contributed by atoms with Gasteiger partial charge in [0.1, 0.15) is 5.75 Å². The van der Waals surface area contributed by atoms with Crippen LogP contribution in [-0.2, 0) is 4.79 Å². The highest BCUT2D eigenvalue weighted by Gasteiger charge is 2.23. The van der Waals surface area contributed by atoms with Crippen LogP contribution >= 0.6 is 0 Å². The van der Waals surface area contributed by atoms with E-state index in [9.17, 15) is 4.79 Å². The predicted molar refractivity (Wildman–Crippen MR) is 47.9 cm³/mol. The summed E-state index contributed by atoms with van der Waals surface area (Å²) in [6.07, 6.45) is -0.455. The molecule has 1 radical (unpaired) electrons. The molecule has 1 heterocycles. The first-order chi connectivity index (χ1) is 6.16. The number of nitrogens with one attached hydrogen (secondary N) is 2. The summed E-state index contributed by atoms with van der Waals surface area (Å²) in [6, 6.07) is 4.88. The second-order valence-electron chi connectivity index (χ2n) is 2.96. The zero-order valence-electron chi connectivity index (χ0n) is 7.13. The number of hydrogen-bond acceptors (Lipinski definition) is 2. The van der Waals surface area contributed by atoms with Crippen molar-refractivity contribution in [3.63, 3.8) is 0 Å². The molecule has 4 nitrogen and oxygen atoms in total. The maximum atomic E-state index is 11.2. The van der Waals surface area contributed by atoms with Crippen molar-refractivity contribution in [2.75, 3.05) is 5.32 Å². The van der Waals surface area contributed by atoms with E-state index in [-0.39, 0.29) is 5.91 Å². The first-order valence-corrected chi connectivity index (χ1v) is 4.00. The average Bonchev–Trinajstić information content (AvgIpc) is 2.08. The Bertz CT molecular complexity index is 363. The number of carbonyl (C=O) groups excluding carboxylic acids is 1. The molecule has 0 bridgehead atoms. The second kappa shape index (κ2) is 2.65. The summed E-state index contributed by atoms with van der Waals surface area (Å²) in [6.45, 7) is 1.69. The van der Waals surface area contributed by atoms with Crippen LogP contribution < -0.4 is 15.8 Å². The fourth-order valence-electron chi connectivity index (χ4n) is 1.21. The van der Waals surface area contributed by atoms with Crippen LogP contribution in [0.4, 0.5) is 11.4 Å². The van der Waals surface area contributed by atoms with E-state index < -0.39 is 6.10 Å². The molecule has 0 aliphatic carbocycles. The van der Waals surface area contributed by atoms with Crippen LogP contribution in [0.2, 0.25) is 0 Å². The Morgan fingerprint density at radius 1 is 1.54 bits per heavy atom. The molecule has 0 saturated heterocycles. The molecule has 1 aliphatic heterocycles. The summed E-state index contributed by atoms with van der Waals surface area (Å²) in [5.41, 5.74) is 8.28. The fraction of sp³-hybridized carbons (Fsp3) is 0.222. The third kappa shape index (κ3) is 1.30. The Hall–Kier alpha value is -1.71. The monoisotopic (exact) mass is 177 g/mol. The zero-order valence-corrected chi connectivity index (χ0v) is 7.13. The van der Waals surface area contributed by atoms with Gasteiger partial charge in [-0.2, -0.15) is 0 Å². The summed E-state index contributed by atoms with van der Waals surface area (Å²) in [5, 5.41) is 2.67. The first kappa shape index (κ1) is 7.91. The van der Waals surface area contributed by atoms with Crippen molar-refractivity contribution >= 4 is 17.3 Å². The third-order valence-corrected chi connectivity index (χ3v) is 1.91. The fourth-order valence-corrected chi connectivity index (χ4v) is 1.21. The van der Waals surface area contributed by atoms with Crippen molar-refractivity contribution in [1.29, 1.82) is 0 Å². The van der Waals surface area contributed by atoms with Gasteiger partial charge in [0, 0.05) is 0 Å². The van der Waals surface area contributed by atoms with E-state index in [1.165, 1.54) is 0 Å². The van der Waals surface area contributed by atoms with Gasteiger partial charge >= 0.3 is 0 Å². The molecule has 4 heteroatoms. The van der Waals surface area contributed by atoms with Gasteiger partial charge < -0.3 is 15.8 Å². The normalized spacial score (nSPS) is 20.1.